The summed E-state index contributed by atoms with van der Waals surface area (Å²) < 4.78 is 12.9. The molecule has 2 spiro atoms. The number of nitrogens with zero attached hydrogens (tertiary/aromatic N) is 1. The van der Waals surface area contributed by atoms with Crippen molar-refractivity contribution in [3.8, 4) is 11.5 Å². The van der Waals surface area contributed by atoms with Gasteiger partial charge in [-0.1, -0.05) is 6.07 Å². The lowest BCUT2D eigenvalue weighted by Crippen LogP contribution is -2.78. The normalized spacial score (nSPS) is 46.3. The fourth-order valence-electron chi connectivity index (χ4n) is 8.29. The number of fused-ring (bicyclic) bond motifs is 2. The van der Waals surface area contributed by atoms with E-state index in [0.717, 1.165) is 37.4 Å². The Morgan fingerprint density at radius 3 is 2.74 bits per heavy atom. The smallest absolute Gasteiger partial charge is 0.165 e. The van der Waals surface area contributed by atoms with E-state index in [2.05, 4.69) is 11.0 Å². The summed E-state index contributed by atoms with van der Waals surface area (Å²) in [5.74, 6) is 2.06. The van der Waals surface area contributed by atoms with E-state index in [4.69, 9.17) is 9.47 Å². The standard InChI is InChI=1S/C23H29NO3/c1-26-22-8-6-21(7-9-22)17-12-15-4-5-16(25)19-18(15)23(21,20(22)27-19)10-11-24(17)13-14-2-3-14/h4-5,14,17,20,25H,2-3,6-13H2,1H3/t17-,20?,21-,22-,23+/m1/s1. The number of phenols is 1. The van der Waals surface area contributed by atoms with Gasteiger partial charge in [0.15, 0.2) is 11.5 Å². The van der Waals surface area contributed by atoms with Crippen molar-refractivity contribution in [3.05, 3.63) is 23.3 Å². The van der Waals surface area contributed by atoms with Crippen LogP contribution in [0.4, 0.5) is 0 Å². The minimum atomic E-state index is -0.176. The Hall–Kier alpha value is -1.26. The maximum absolute atomic E-state index is 10.7. The number of likely N-dealkylation sites (tertiary alicyclic amines) is 1. The first-order valence-electron chi connectivity index (χ1n) is 10.9. The van der Waals surface area contributed by atoms with Gasteiger partial charge in [0, 0.05) is 30.7 Å². The first-order chi connectivity index (χ1) is 13.1. The number of benzene rings is 1. The third-order valence-corrected chi connectivity index (χ3v) is 9.59. The first-order valence-corrected chi connectivity index (χ1v) is 10.9. The topological polar surface area (TPSA) is 41.9 Å². The van der Waals surface area contributed by atoms with Gasteiger partial charge in [0.2, 0.25) is 0 Å². The molecule has 4 bridgehead atoms. The lowest BCUT2D eigenvalue weighted by molar-refractivity contribution is -0.251. The molecule has 5 aliphatic carbocycles. The molecule has 0 aromatic heterocycles. The van der Waals surface area contributed by atoms with Crippen molar-refractivity contribution in [1.82, 2.24) is 4.90 Å². The van der Waals surface area contributed by atoms with Crippen LogP contribution < -0.4 is 4.74 Å². The van der Waals surface area contributed by atoms with Crippen molar-refractivity contribution in [2.45, 2.75) is 74.5 Å². The van der Waals surface area contributed by atoms with Crippen LogP contribution in [0.5, 0.6) is 11.5 Å². The van der Waals surface area contributed by atoms with Crippen molar-refractivity contribution in [2.75, 3.05) is 20.2 Å². The van der Waals surface area contributed by atoms with Gasteiger partial charge in [0.25, 0.3) is 0 Å². The maximum Gasteiger partial charge on any atom is 0.165 e. The SMILES string of the molecule is CO[C@]12CC[C@@]3(CC1)[C@H]1Cc4ccc(O)c5c4[C@@]3(CCN1CC1CC1)C2O5. The molecule has 0 radical (unpaired) electrons. The van der Waals surface area contributed by atoms with Crippen LogP contribution in [0, 0.1) is 11.3 Å². The van der Waals surface area contributed by atoms with E-state index < -0.39 is 0 Å². The van der Waals surface area contributed by atoms with E-state index in [1.54, 1.807) is 0 Å². The Morgan fingerprint density at radius 1 is 1.19 bits per heavy atom. The molecule has 27 heavy (non-hydrogen) atoms. The first kappa shape index (κ1) is 15.6. The summed E-state index contributed by atoms with van der Waals surface area (Å²) in [4.78, 5) is 2.86. The number of ether oxygens (including phenoxy) is 2. The van der Waals surface area contributed by atoms with Gasteiger partial charge in [-0.3, -0.25) is 4.90 Å². The Kier molecular flexibility index (Phi) is 2.70. The third-order valence-electron chi connectivity index (χ3n) is 9.59. The van der Waals surface area contributed by atoms with Gasteiger partial charge in [-0.05, 0) is 80.9 Å². The number of phenolic OH excluding ortho intramolecular Hbond substituents is 1. The molecule has 144 valence electrons. The predicted molar refractivity (Wildman–Crippen MR) is 101 cm³/mol. The number of piperidine rings is 1. The predicted octanol–water partition coefficient (Wildman–Crippen LogP) is 3.39. The molecular formula is C23H29NO3. The number of hydrogen-bond donors (Lipinski definition) is 1. The number of rotatable bonds is 3. The average Bonchev–Trinajstić information content (AvgIpc) is 3.43. The summed E-state index contributed by atoms with van der Waals surface area (Å²) in [7, 11) is 1.88. The second-order valence-electron chi connectivity index (χ2n) is 10.3. The van der Waals surface area contributed by atoms with E-state index in [1.165, 1.54) is 49.9 Å². The highest BCUT2D eigenvalue weighted by Crippen LogP contribution is 2.75. The van der Waals surface area contributed by atoms with Gasteiger partial charge in [-0.2, -0.15) is 0 Å². The summed E-state index contributed by atoms with van der Waals surface area (Å²) in [6, 6.07) is 4.68. The van der Waals surface area contributed by atoms with Crippen LogP contribution in [0.2, 0.25) is 0 Å². The molecule has 8 rings (SSSR count). The van der Waals surface area contributed by atoms with Crippen LogP contribution in [0.1, 0.15) is 56.1 Å². The Bertz CT molecular complexity index is 838. The summed E-state index contributed by atoms with van der Waals surface area (Å²) in [6.45, 7) is 2.47. The Balaban J connectivity index is 1.48. The second kappa shape index (κ2) is 4.65. The Labute approximate surface area is 160 Å². The molecule has 3 atom stereocenters. The van der Waals surface area contributed by atoms with Crippen LogP contribution >= 0.6 is 0 Å². The fraction of sp³-hybridized carbons (Fsp3) is 0.739. The van der Waals surface area contributed by atoms with Gasteiger partial charge in [0.1, 0.15) is 11.7 Å². The summed E-state index contributed by atoms with van der Waals surface area (Å²) in [5, 5.41) is 10.7. The average molecular weight is 367 g/mol. The minimum Gasteiger partial charge on any atom is -0.504 e. The van der Waals surface area contributed by atoms with E-state index in [1.807, 2.05) is 13.2 Å². The monoisotopic (exact) mass is 367 g/mol. The molecule has 4 heteroatoms. The molecular weight excluding hydrogens is 338 g/mol. The molecule has 1 saturated heterocycles. The molecule has 5 fully saturated rings. The van der Waals surface area contributed by atoms with Crippen LogP contribution in [0.15, 0.2) is 12.1 Å². The van der Waals surface area contributed by atoms with Crippen molar-refractivity contribution in [3.63, 3.8) is 0 Å². The summed E-state index contributed by atoms with van der Waals surface area (Å²) >= 11 is 0. The van der Waals surface area contributed by atoms with Gasteiger partial charge in [-0.15, -0.1) is 0 Å². The van der Waals surface area contributed by atoms with Crippen molar-refractivity contribution >= 4 is 0 Å². The molecule has 1 N–H and O–H groups in total. The molecule has 1 unspecified atom stereocenters. The molecule has 7 aliphatic rings. The lowest BCUT2D eigenvalue weighted by atomic mass is 9.36. The zero-order valence-electron chi connectivity index (χ0n) is 16.2. The summed E-state index contributed by atoms with van der Waals surface area (Å²) in [5.41, 5.74) is 2.98. The maximum atomic E-state index is 10.7. The second-order valence-corrected chi connectivity index (χ2v) is 10.3. The molecule has 2 aliphatic heterocycles. The summed E-state index contributed by atoms with van der Waals surface area (Å²) in [6.07, 6.45) is 9.93. The van der Waals surface area contributed by atoms with Crippen LogP contribution in [-0.4, -0.2) is 48.0 Å². The lowest BCUT2D eigenvalue weighted by Gasteiger charge is -2.72. The van der Waals surface area contributed by atoms with Crippen molar-refractivity contribution in [1.29, 1.82) is 0 Å². The largest absolute Gasteiger partial charge is 0.504 e. The molecule has 1 aromatic carbocycles. The van der Waals surface area contributed by atoms with Crippen molar-refractivity contribution < 1.29 is 14.6 Å². The van der Waals surface area contributed by atoms with Gasteiger partial charge >= 0.3 is 0 Å². The zero-order chi connectivity index (χ0) is 18.0. The molecule has 2 heterocycles. The molecule has 0 amide bonds. The highest BCUT2D eigenvalue weighted by atomic mass is 16.6. The van der Waals surface area contributed by atoms with Gasteiger partial charge < -0.3 is 14.6 Å². The van der Waals surface area contributed by atoms with Gasteiger partial charge in [0.05, 0.1) is 0 Å². The zero-order valence-corrected chi connectivity index (χ0v) is 16.2. The highest BCUT2D eigenvalue weighted by Gasteiger charge is 2.78. The van der Waals surface area contributed by atoms with E-state index in [0.29, 0.717) is 17.2 Å². The quantitative estimate of drug-likeness (QED) is 0.889. The Morgan fingerprint density at radius 2 is 2.00 bits per heavy atom. The van der Waals surface area contributed by atoms with E-state index in [-0.39, 0.29) is 17.1 Å². The van der Waals surface area contributed by atoms with Crippen LogP contribution in [0.25, 0.3) is 0 Å². The molecule has 4 saturated carbocycles. The van der Waals surface area contributed by atoms with Gasteiger partial charge in [-0.25, -0.2) is 0 Å². The van der Waals surface area contributed by atoms with E-state index in [9.17, 15) is 5.11 Å². The number of aromatic hydroxyl groups is 1. The third kappa shape index (κ3) is 1.55. The minimum absolute atomic E-state index is 0.0475. The van der Waals surface area contributed by atoms with Crippen LogP contribution in [-0.2, 0) is 16.6 Å². The number of methoxy groups -OCH3 is 1. The van der Waals surface area contributed by atoms with Crippen molar-refractivity contribution in [2.24, 2.45) is 11.3 Å². The molecule has 1 aromatic rings. The fourth-order valence-corrected chi connectivity index (χ4v) is 8.29. The van der Waals surface area contributed by atoms with Crippen LogP contribution in [0.3, 0.4) is 0 Å². The molecule has 4 nitrogen and oxygen atoms in total. The highest BCUT2D eigenvalue weighted by molar-refractivity contribution is 5.63. The number of hydrogen-bond acceptors (Lipinski definition) is 4. The van der Waals surface area contributed by atoms with E-state index >= 15 is 0 Å².